The fraction of sp³-hybridized carbons (Fsp3) is 0.818. The highest BCUT2D eigenvalue weighted by Crippen LogP contribution is 2.22. The summed E-state index contributed by atoms with van der Waals surface area (Å²) in [4.78, 5) is 25.0. The van der Waals surface area contributed by atoms with Crippen LogP contribution in [0.3, 0.4) is 0 Å². The van der Waals surface area contributed by atoms with Crippen LogP contribution in [0.2, 0.25) is 0 Å². The first-order valence-electron chi connectivity index (χ1n) is 6.05. The number of nitrogens with zero attached hydrogens (tertiary/aromatic N) is 1. The number of rotatable bonds is 2. The Balaban J connectivity index is 0.00000162. The van der Waals surface area contributed by atoms with Gasteiger partial charge in [-0.25, -0.2) is 0 Å². The summed E-state index contributed by atoms with van der Waals surface area (Å²) in [6.45, 7) is 3.56. The van der Waals surface area contributed by atoms with E-state index in [1.54, 1.807) is 0 Å². The number of nitrogens with one attached hydrogen (secondary N) is 1. The van der Waals surface area contributed by atoms with Crippen molar-refractivity contribution in [2.45, 2.75) is 31.8 Å². The number of piperidine rings is 1. The zero-order valence-corrected chi connectivity index (χ0v) is 12.1. The Morgan fingerprint density at radius 2 is 2.11 bits per heavy atom. The zero-order valence-electron chi connectivity index (χ0n) is 10.4. The van der Waals surface area contributed by atoms with Gasteiger partial charge in [-0.15, -0.1) is 12.4 Å². The summed E-state index contributed by atoms with van der Waals surface area (Å²) >= 11 is 1.19. The van der Waals surface area contributed by atoms with Crippen molar-refractivity contribution in [3.63, 3.8) is 0 Å². The molecule has 18 heavy (non-hydrogen) atoms. The predicted octanol–water partition coefficient (Wildman–Crippen LogP) is 0.819. The summed E-state index contributed by atoms with van der Waals surface area (Å²) in [5.74, 6) is 1.14. The third kappa shape index (κ3) is 3.52. The van der Waals surface area contributed by atoms with E-state index in [0.717, 1.165) is 25.9 Å². The van der Waals surface area contributed by atoms with Crippen molar-refractivity contribution >= 4 is 35.3 Å². The zero-order chi connectivity index (χ0) is 12.4. The van der Waals surface area contributed by atoms with Gasteiger partial charge in [0.25, 0.3) is 5.24 Å². The van der Waals surface area contributed by atoms with Gasteiger partial charge >= 0.3 is 0 Å². The highest BCUT2D eigenvalue weighted by Gasteiger charge is 2.33. The van der Waals surface area contributed by atoms with Crippen molar-refractivity contribution in [2.24, 2.45) is 11.7 Å². The van der Waals surface area contributed by atoms with Crippen molar-refractivity contribution in [3.05, 3.63) is 0 Å². The quantitative estimate of drug-likeness (QED) is 0.790. The van der Waals surface area contributed by atoms with Gasteiger partial charge in [0.15, 0.2) is 0 Å². The molecule has 104 valence electrons. The SMILES string of the molecule is CC(N)C1CCN(C(=O)[C@@H]2CSC(=O)N2)CC1.Cl. The number of hydrogen-bond acceptors (Lipinski definition) is 4. The summed E-state index contributed by atoms with van der Waals surface area (Å²) in [7, 11) is 0. The summed E-state index contributed by atoms with van der Waals surface area (Å²) in [5.41, 5.74) is 5.87. The molecule has 0 saturated carbocycles. The van der Waals surface area contributed by atoms with Crippen molar-refractivity contribution in [1.82, 2.24) is 10.2 Å². The Kier molecular flexibility index (Phi) is 5.75. The van der Waals surface area contributed by atoms with Gasteiger partial charge in [-0.2, -0.15) is 0 Å². The van der Waals surface area contributed by atoms with Crippen molar-refractivity contribution in [3.8, 4) is 0 Å². The summed E-state index contributed by atoms with van der Waals surface area (Å²) in [6.07, 6.45) is 1.94. The lowest BCUT2D eigenvalue weighted by Gasteiger charge is -2.34. The van der Waals surface area contributed by atoms with Crippen LogP contribution >= 0.6 is 24.2 Å². The molecule has 2 rings (SSSR count). The maximum Gasteiger partial charge on any atom is 0.279 e. The minimum atomic E-state index is -0.320. The minimum absolute atomic E-state index is 0. The molecule has 1 unspecified atom stereocenters. The standard InChI is InChI=1S/C11H19N3O2S.ClH/c1-7(12)8-2-4-14(5-3-8)10(15)9-6-17-11(16)13-9;/h7-9H,2-6,12H2,1H3,(H,13,16);1H/t7?,9-;/m0./s1. The van der Waals surface area contributed by atoms with Gasteiger partial charge in [0.2, 0.25) is 5.91 Å². The second kappa shape index (κ2) is 6.63. The van der Waals surface area contributed by atoms with Crippen LogP contribution in [-0.2, 0) is 4.79 Å². The predicted molar refractivity (Wildman–Crippen MR) is 75.0 cm³/mol. The lowest BCUT2D eigenvalue weighted by Crippen LogP contribution is -2.49. The highest BCUT2D eigenvalue weighted by molar-refractivity contribution is 8.14. The first-order valence-corrected chi connectivity index (χ1v) is 7.04. The number of nitrogens with two attached hydrogens (primary N) is 1. The van der Waals surface area contributed by atoms with Crippen molar-refractivity contribution in [2.75, 3.05) is 18.8 Å². The molecule has 0 aromatic carbocycles. The lowest BCUT2D eigenvalue weighted by molar-refractivity contribution is -0.134. The van der Waals surface area contributed by atoms with Gasteiger partial charge < -0.3 is 16.0 Å². The van der Waals surface area contributed by atoms with E-state index in [-0.39, 0.29) is 35.6 Å². The Hall–Kier alpha value is -0.460. The van der Waals surface area contributed by atoms with E-state index in [1.165, 1.54) is 11.8 Å². The van der Waals surface area contributed by atoms with Gasteiger partial charge in [-0.1, -0.05) is 11.8 Å². The highest BCUT2D eigenvalue weighted by atomic mass is 35.5. The molecule has 7 heteroatoms. The molecule has 0 bridgehead atoms. The van der Waals surface area contributed by atoms with E-state index in [0.29, 0.717) is 11.7 Å². The summed E-state index contributed by atoms with van der Waals surface area (Å²) in [5, 5.41) is 2.60. The van der Waals surface area contributed by atoms with E-state index < -0.39 is 0 Å². The molecule has 0 radical (unpaired) electrons. The van der Waals surface area contributed by atoms with Crippen LogP contribution in [0.25, 0.3) is 0 Å². The average molecular weight is 294 g/mol. The first kappa shape index (κ1) is 15.6. The molecule has 2 aliphatic rings. The third-order valence-corrected chi connectivity index (χ3v) is 4.45. The molecule has 2 aliphatic heterocycles. The van der Waals surface area contributed by atoms with Crippen molar-refractivity contribution in [1.29, 1.82) is 0 Å². The van der Waals surface area contributed by atoms with Gasteiger partial charge in [-0.05, 0) is 25.7 Å². The van der Waals surface area contributed by atoms with Crippen LogP contribution in [0.5, 0.6) is 0 Å². The number of likely N-dealkylation sites (tertiary alicyclic amines) is 1. The summed E-state index contributed by atoms with van der Waals surface area (Å²) in [6, 6.07) is -0.117. The average Bonchev–Trinajstić information content (AvgIpc) is 2.75. The second-order valence-corrected chi connectivity index (χ2v) is 5.81. The molecule has 0 aliphatic carbocycles. The molecule has 0 aromatic rings. The van der Waals surface area contributed by atoms with Crippen molar-refractivity contribution < 1.29 is 9.59 Å². The maximum atomic E-state index is 12.1. The molecule has 0 aromatic heterocycles. The molecule has 5 nitrogen and oxygen atoms in total. The maximum absolute atomic E-state index is 12.1. The Morgan fingerprint density at radius 1 is 1.50 bits per heavy atom. The molecular weight excluding hydrogens is 274 g/mol. The van der Waals surface area contributed by atoms with Gasteiger partial charge in [0.1, 0.15) is 6.04 Å². The minimum Gasteiger partial charge on any atom is -0.341 e. The van der Waals surface area contributed by atoms with Crippen LogP contribution in [0.1, 0.15) is 19.8 Å². The fourth-order valence-corrected chi connectivity index (χ4v) is 3.15. The summed E-state index contributed by atoms with van der Waals surface area (Å²) < 4.78 is 0. The Bertz CT molecular complexity index is 319. The van der Waals surface area contributed by atoms with E-state index in [2.05, 4.69) is 5.32 Å². The molecule has 2 saturated heterocycles. The van der Waals surface area contributed by atoms with Gasteiger partial charge in [-0.3, -0.25) is 9.59 Å². The van der Waals surface area contributed by atoms with E-state index in [9.17, 15) is 9.59 Å². The first-order chi connectivity index (χ1) is 8.08. The normalized spacial score (nSPS) is 26.4. The smallest absolute Gasteiger partial charge is 0.279 e. The topological polar surface area (TPSA) is 75.4 Å². The van der Waals surface area contributed by atoms with Gasteiger partial charge in [0.05, 0.1) is 0 Å². The molecule has 3 N–H and O–H groups in total. The Morgan fingerprint density at radius 3 is 2.56 bits per heavy atom. The van der Waals surface area contributed by atoms with E-state index in [1.807, 2.05) is 11.8 Å². The lowest BCUT2D eigenvalue weighted by atomic mass is 9.91. The largest absolute Gasteiger partial charge is 0.341 e. The van der Waals surface area contributed by atoms with Gasteiger partial charge in [0, 0.05) is 24.9 Å². The Labute approximate surface area is 118 Å². The molecule has 2 fully saturated rings. The molecule has 2 atom stereocenters. The molecular formula is C11H20ClN3O2S. The monoisotopic (exact) mass is 293 g/mol. The van der Waals surface area contributed by atoms with E-state index in [4.69, 9.17) is 5.73 Å². The second-order valence-electron chi connectivity index (χ2n) is 4.82. The molecule has 0 spiro atoms. The van der Waals surface area contributed by atoms with Crippen LogP contribution in [0.4, 0.5) is 4.79 Å². The molecule has 2 heterocycles. The number of carbonyl (C=O) groups excluding carboxylic acids is 2. The number of hydrogen-bond donors (Lipinski definition) is 2. The number of carbonyl (C=O) groups is 2. The number of amides is 2. The van der Waals surface area contributed by atoms with E-state index >= 15 is 0 Å². The molecule has 2 amide bonds. The fourth-order valence-electron chi connectivity index (χ4n) is 2.38. The van der Waals surface area contributed by atoms with Crippen LogP contribution in [-0.4, -0.2) is 47.0 Å². The number of halogens is 1. The van der Waals surface area contributed by atoms with Crippen LogP contribution in [0.15, 0.2) is 0 Å². The third-order valence-electron chi connectivity index (χ3n) is 3.57. The number of thioether (sulfide) groups is 1. The van der Waals surface area contributed by atoms with Crippen LogP contribution < -0.4 is 11.1 Å². The van der Waals surface area contributed by atoms with Crippen LogP contribution in [0, 0.1) is 5.92 Å².